The molecule has 3 rings (SSSR count). The number of hydrogen-bond acceptors (Lipinski definition) is 5. The largest absolute Gasteiger partial charge is 0.478 e. The van der Waals surface area contributed by atoms with Crippen molar-refractivity contribution < 1.29 is 32.6 Å². The van der Waals surface area contributed by atoms with Gasteiger partial charge in [0, 0.05) is 39.8 Å². The lowest BCUT2D eigenvalue weighted by Crippen LogP contribution is -2.13. The fourth-order valence-corrected chi connectivity index (χ4v) is 3.75. The van der Waals surface area contributed by atoms with Crippen LogP contribution in [0.15, 0.2) is 41.3 Å². The summed E-state index contributed by atoms with van der Waals surface area (Å²) >= 11 is 1.02. The first-order chi connectivity index (χ1) is 16.6. The van der Waals surface area contributed by atoms with Crippen molar-refractivity contribution in [3.63, 3.8) is 0 Å². The Morgan fingerprint density at radius 1 is 1.20 bits per heavy atom. The number of nitrogens with one attached hydrogen (secondary N) is 1. The molecule has 0 saturated carbocycles. The second-order valence-electron chi connectivity index (χ2n) is 8.17. The molecule has 1 amide bonds. The number of thiazole rings is 1. The summed E-state index contributed by atoms with van der Waals surface area (Å²) in [6.07, 6.45) is 0.846. The van der Waals surface area contributed by atoms with Gasteiger partial charge in [-0.25, -0.2) is 22.9 Å². The lowest BCUT2D eigenvalue weighted by Gasteiger charge is -2.09. The standard InChI is InChI=1S/C25H23F3N2O4S/c1-13(2)10-34-11-15-5-4-6-17(22(15)28)21-12-35-25(29-21)30-23(31)16-8-19(26)18(20(27)9-16)7-14(3)24(32)33/h4-9,12-13H,10-11H2,1-3H3,(H,32,33)(H,29,30,31). The Morgan fingerprint density at radius 3 is 2.51 bits per heavy atom. The number of benzene rings is 2. The van der Waals surface area contributed by atoms with Crippen LogP contribution in [-0.4, -0.2) is 28.6 Å². The third kappa shape index (κ3) is 6.55. The van der Waals surface area contributed by atoms with Crippen molar-refractivity contribution in [1.82, 2.24) is 4.98 Å². The van der Waals surface area contributed by atoms with Crippen LogP contribution in [-0.2, 0) is 16.1 Å². The van der Waals surface area contributed by atoms with E-state index in [2.05, 4.69) is 10.3 Å². The molecule has 0 aliphatic rings. The number of carboxylic acids is 1. The molecule has 0 saturated heterocycles. The lowest BCUT2D eigenvalue weighted by molar-refractivity contribution is -0.132. The number of halogens is 3. The van der Waals surface area contributed by atoms with Crippen molar-refractivity contribution in [2.75, 3.05) is 11.9 Å². The second kappa shape index (κ2) is 11.3. The molecule has 0 aliphatic heterocycles. The van der Waals surface area contributed by atoms with E-state index in [0.717, 1.165) is 29.5 Å². The number of ether oxygens (including phenoxy) is 1. The molecular formula is C25H23F3N2O4S. The smallest absolute Gasteiger partial charge is 0.331 e. The van der Waals surface area contributed by atoms with Crippen LogP contribution in [0.1, 0.15) is 42.3 Å². The summed E-state index contributed by atoms with van der Waals surface area (Å²) in [5.41, 5.74) is -0.258. The number of aliphatic carboxylic acids is 1. The number of amides is 1. The van der Waals surface area contributed by atoms with Gasteiger partial charge in [-0.15, -0.1) is 11.3 Å². The molecule has 2 N–H and O–H groups in total. The van der Waals surface area contributed by atoms with Crippen LogP contribution in [0, 0.1) is 23.4 Å². The van der Waals surface area contributed by atoms with E-state index >= 15 is 0 Å². The molecule has 0 spiro atoms. The monoisotopic (exact) mass is 504 g/mol. The van der Waals surface area contributed by atoms with Crippen LogP contribution < -0.4 is 5.32 Å². The lowest BCUT2D eigenvalue weighted by atomic mass is 10.1. The zero-order valence-electron chi connectivity index (χ0n) is 19.2. The zero-order valence-corrected chi connectivity index (χ0v) is 20.0. The van der Waals surface area contributed by atoms with Crippen molar-refractivity contribution in [1.29, 1.82) is 0 Å². The molecule has 0 bridgehead atoms. The number of carboxylic acid groups (broad SMARTS) is 1. The summed E-state index contributed by atoms with van der Waals surface area (Å²) in [7, 11) is 0. The number of nitrogens with zero attached hydrogens (tertiary/aromatic N) is 1. The van der Waals surface area contributed by atoms with Gasteiger partial charge < -0.3 is 9.84 Å². The summed E-state index contributed by atoms with van der Waals surface area (Å²) in [4.78, 5) is 27.7. The van der Waals surface area contributed by atoms with E-state index in [1.54, 1.807) is 23.6 Å². The molecule has 0 unspecified atom stereocenters. The Hall–Kier alpha value is -3.50. The molecule has 0 aliphatic carbocycles. The first-order valence-corrected chi connectivity index (χ1v) is 11.5. The fraction of sp³-hybridized carbons (Fsp3) is 0.240. The van der Waals surface area contributed by atoms with Gasteiger partial charge >= 0.3 is 5.97 Å². The normalized spacial score (nSPS) is 11.7. The average molecular weight is 505 g/mol. The van der Waals surface area contributed by atoms with E-state index in [0.29, 0.717) is 18.1 Å². The molecule has 0 fully saturated rings. The average Bonchev–Trinajstić information content (AvgIpc) is 3.24. The summed E-state index contributed by atoms with van der Waals surface area (Å²) < 4.78 is 49.2. The highest BCUT2D eigenvalue weighted by atomic mass is 32.1. The maximum atomic E-state index is 15.0. The number of carbonyl (C=O) groups excluding carboxylic acids is 1. The Morgan fingerprint density at radius 2 is 1.89 bits per heavy atom. The van der Waals surface area contributed by atoms with Gasteiger partial charge in [-0.3, -0.25) is 10.1 Å². The number of anilines is 1. The predicted molar refractivity (Wildman–Crippen MR) is 128 cm³/mol. The van der Waals surface area contributed by atoms with Crippen LogP contribution in [0.3, 0.4) is 0 Å². The predicted octanol–water partition coefficient (Wildman–Crippen LogP) is 6.14. The molecule has 10 heteroatoms. The molecule has 0 atom stereocenters. The van der Waals surface area contributed by atoms with E-state index in [-0.39, 0.29) is 34.1 Å². The summed E-state index contributed by atoms with van der Waals surface area (Å²) in [5, 5.41) is 13.0. The molecule has 2 aromatic carbocycles. The van der Waals surface area contributed by atoms with Crippen LogP contribution in [0.2, 0.25) is 0 Å². The minimum absolute atomic E-state index is 0.109. The maximum absolute atomic E-state index is 15.0. The Kier molecular flexibility index (Phi) is 8.42. The SMILES string of the molecule is CC(=Cc1c(F)cc(C(=O)Nc2nc(-c3cccc(COCC(C)C)c3F)cs2)cc1F)C(=O)O. The fourth-order valence-electron chi connectivity index (χ4n) is 3.05. The van der Waals surface area contributed by atoms with E-state index in [1.807, 2.05) is 13.8 Å². The molecule has 1 aromatic heterocycles. The zero-order chi connectivity index (χ0) is 25.7. The van der Waals surface area contributed by atoms with Gasteiger partial charge in [0.05, 0.1) is 12.3 Å². The number of rotatable bonds is 9. The van der Waals surface area contributed by atoms with Crippen molar-refractivity contribution in [2.45, 2.75) is 27.4 Å². The third-order valence-electron chi connectivity index (χ3n) is 4.83. The van der Waals surface area contributed by atoms with E-state index in [1.165, 1.54) is 6.92 Å². The van der Waals surface area contributed by atoms with E-state index in [9.17, 15) is 22.8 Å². The number of aromatic nitrogens is 1. The summed E-state index contributed by atoms with van der Waals surface area (Å²) in [5.74, 6) is -4.50. The minimum atomic E-state index is -1.32. The van der Waals surface area contributed by atoms with Gasteiger partial charge in [0.2, 0.25) is 0 Å². The maximum Gasteiger partial charge on any atom is 0.331 e. The quantitative estimate of drug-likeness (QED) is 0.342. The molecule has 6 nitrogen and oxygen atoms in total. The highest BCUT2D eigenvalue weighted by Gasteiger charge is 2.18. The number of hydrogen-bond donors (Lipinski definition) is 2. The summed E-state index contributed by atoms with van der Waals surface area (Å²) in [6.45, 7) is 5.78. The van der Waals surface area contributed by atoms with Crippen molar-refractivity contribution >= 4 is 34.4 Å². The minimum Gasteiger partial charge on any atom is -0.478 e. The molecule has 1 heterocycles. The summed E-state index contributed by atoms with van der Waals surface area (Å²) in [6, 6.07) is 6.45. The van der Waals surface area contributed by atoms with E-state index in [4.69, 9.17) is 9.84 Å². The van der Waals surface area contributed by atoms with Crippen LogP contribution >= 0.6 is 11.3 Å². The van der Waals surface area contributed by atoms with Crippen molar-refractivity contribution in [2.24, 2.45) is 5.92 Å². The third-order valence-corrected chi connectivity index (χ3v) is 5.59. The number of carbonyl (C=O) groups is 2. The Balaban J connectivity index is 1.77. The van der Waals surface area contributed by atoms with Gasteiger partial charge in [-0.05, 0) is 37.1 Å². The van der Waals surface area contributed by atoms with Crippen molar-refractivity contribution in [3.8, 4) is 11.3 Å². The van der Waals surface area contributed by atoms with Crippen LogP contribution in [0.5, 0.6) is 0 Å². The highest BCUT2D eigenvalue weighted by molar-refractivity contribution is 7.14. The van der Waals surface area contributed by atoms with Gasteiger partial charge in [-0.1, -0.05) is 26.0 Å². The Bertz CT molecular complexity index is 1260. The highest BCUT2D eigenvalue weighted by Crippen LogP contribution is 2.29. The molecule has 0 radical (unpaired) electrons. The molecule has 184 valence electrons. The Labute approximate surface area is 204 Å². The van der Waals surface area contributed by atoms with Gasteiger partial charge in [0.1, 0.15) is 17.5 Å². The molecule has 3 aromatic rings. The van der Waals surface area contributed by atoms with E-state index < -0.39 is 34.9 Å². The van der Waals surface area contributed by atoms with Gasteiger partial charge in [0.25, 0.3) is 5.91 Å². The van der Waals surface area contributed by atoms with Crippen LogP contribution in [0.25, 0.3) is 17.3 Å². The van der Waals surface area contributed by atoms with Crippen LogP contribution in [0.4, 0.5) is 18.3 Å². The second-order valence-corrected chi connectivity index (χ2v) is 9.02. The topological polar surface area (TPSA) is 88.5 Å². The first kappa shape index (κ1) is 26.1. The molecule has 35 heavy (non-hydrogen) atoms. The van der Waals surface area contributed by atoms with Gasteiger partial charge in [0.15, 0.2) is 5.13 Å². The first-order valence-electron chi connectivity index (χ1n) is 10.6. The van der Waals surface area contributed by atoms with Gasteiger partial charge in [-0.2, -0.15) is 0 Å². The van der Waals surface area contributed by atoms with Crippen molar-refractivity contribution in [3.05, 3.63) is 75.4 Å². The molecular weight excluding hydrogens is 481 g/mol.